The summed E-state index contributed by atoms with van der Waals surface area (Å²) in [7, 11) is 2.10. The first-order chi connectivity index (χ1) is 6.51. The van der Waals surface area contributed by atoms with Gasteiger partial charge in [-0.05, 0) is 19.4 Å². The molecule has 2 heteroatoms. The summed E-state index contributed by atoms with van der Waals surface area (Å²) >= 11 is 2.08. The molecule has 1 fully saturated rings. The fourth-order valence-electron chi connectivity index (χ4n) is 1.75. The van der Waals surface area contributed by atoms with Gasteiger partial charge in [-0.3, -0.25) is 0 Å². The topological polar surface area (TPSA) is 12.0 Å². The maximum absolute atomic E-state index is 3.45. The number of thioether (sulfide) groups is 1. The minimum atomic E-state index is 0.411. The van der Waals surface area contributed by atoms with Gasteiger partial charge in [-0.25, -0.2) is 0 Å². The molecule has 1 saturated carbocycles. The molecular weight excluding hydrogens is 190 g/mol. The fourth-order valence-corrected chi connectivity index (χ4v) is 2.75. The highest BCUT2D eigenvalue weighted by atomic mass is 32.2. The number of rotatable bonds is 5. The molecule has 0 saturated heterocycles. The number of hydrogen-bond donors (Lipinski definition) is 1. The van der Waals surface area contributed by atoms with E-state index < -0.39 is 0 Å². The van der Waals surface area contributed by atoms with E-state index in [-0.39, 0.29) is 0 Å². The zero-order valence-corrected chi connectivity index (χ0v) is 10.9. The van der Waals surface area contributed by atoms with Crippen LogP contribution in [0.5, 0.6) is 0 Å². The highest BCUT2D eigenvalue weighted by molar-refractivity contribution is 8.00. The van der Waals surface area contributed by atoms with Gasteiger partial charge in [0, 0.05) is 16.5 Å². The van der Waals surface area contributed by atoms with Crippen LogP contribution in [0.25, 0.3) is 0 Å². The van der Waals surface area contributed by atoms with E-state index in [1.54, 1.807) is 0 Å². The van der Waals surface area contributed by atoms with E-state index in [4.69, 9.17) is 0 Å². The Kier molecular flexibility index (Phi) is 4.78. The Labute approximate surface area is 93.4 Å². The Balaban J connectivity index is 2.17. The van der Waals surface area contributed by atoms with Gasteiger partial charge < -0.3 is 5.32 Å². The number of nitrogens with one attached hydrogen (secondary N) is 1. The van der Waals surface area contributed by atoms with Crippen LogP contribution in [0.1, 0.15) is 46.5 Å². The molecule has 0 spiro atoms. The van der Waals surface area contributed by atoms with Gasteiger partial charge in [-0.1, -0.05) is 40.0 Å². The lowest BCUT2D eigenvalue weighted by atomic mass is 9.81. The fraction of sp³-hybridized carbons (Fsp3) is 1.00. The van der Waals surface area contributed by atoms with E-state index in [0.717, 1.165) is 12.0 Å². The van der Waals surface area contributed by atoms with Crippen molar-refractivity contribution in [2.24, 2.45) is 5.92 Å². The van der Waals surface area contributed by atoms with Crippen molar-refractivity contribution in [1.82, 2.24) is 5.32 Å². The van der Waals surface area contributed by atoms with Crippen LogP contribution in [-0.4, -0.2) is 23.6 Å². The molecule has 1 rings (SSSR count). The molecule has 0 heterocycles. The quantitative estimate of drug-likeness (QED) is 0.755. The lowest BCUT2D eigenvalue weighted by molar-refractivity contribution is 0.272. The summed E-state index contributed by atoms with van der Waals surface area (Å²) in [6, 6.07) is 0.726. The summed E-state index contributed by atoms with van der Waals surface area (Å²) in [6.07, 6.45) is 5.80. The molecule has 1 unspecified atom stereocenters. The van der Waals surface area contributed by atoms with E-state index in [0.29, 0.717) is 4.75 Å². The first-order valence-electron chi connectivity index (χ1n) is 5.82. The Morgan fingerprint density at radius 2 is 2.00 bits per heavy atom. The van der Waals surface area contributed by atoms with Crippen LogP contribution in [0, 0.1) is 5.92 Å². The predicted molar refractivity (Wildman–Crippen MR) is 67.0 cm³/mol. The third kappa shape index (κ3) is 4.70. The Bertz CT molecular complexity index is 158. The SMILES string of the molecule is CNC(CSC(C)(C)C)CC1CCC1. The van der Waals surface area contributed by atoms with Crippen LogP contribution in [0.15, 0.2) is 0 Å². The molecule has 1 nitrogen and oxygen atoms in total. The third-order valence-corrected chi connectivity index (χ3v) is 4.40. The van der Waals surface area contributed by atoms with Crippen molar-refractivity contribution in [2.45, 2.75) is 57.2 Å². The van der Waals surface area contributed by atoms with Gasteiger partial charge >= 0.3 is 0 Å². The Hall–Kier alpha value is 0.310. The van der Waals surface area contributed by atoms with Crippen LogP contribution in [-0.2, 0) is 0 Å². The molecule has 1 N–H and O–H groups in total. The standard InChI is InChI=1S/C12H25NS/c1-12(2,3)14-9-11(13-4)8-10-6-5-7-10/h10-11,13H,5-9H2,1-4H3. The van der Waals surface area contributed by atoms with E-state index in [2.05, 4.69) is 44.9 Å². The normalized spacial score (nSPS) is 20.6. The van der Waals surface area contributed by atoms with Crippen molar-refractivity contribution < 1.29 is 0 Å². The van der Waals surface area contributed by atoms with Crippen molar-refractivity contribution in [1.29, 1.82) is 0 Å². The third-order valence-electron chi connectivity index (χ3n) is 2.97. The molecule has 0 bridgehead atoms. The highest BCUT2D eigenvalue weighted by Crippen LogP contribution is 2.32. The van der Waals surface area contributed by atoms with Gasteiger partial charge in [-0.2, -0.15) is 11.8 Å². The molecule has 0 aromatic carbocycles. The van der Waals surface area contributed by atoms with Crippen LogP contribution >= 0.6 is 11.8 Å². The molecular formula is C12H25NS. The zero-order valence-electron chi connectivity index (χ0n) is 10.1. The molecule has 1 aliphatic carbocycles. The van der Waals surface area contributed by atoms with E-state index in [1.807, 2.05) is 0 Å². The smallest absolute Gasteiger partial charge is 0.0158 e. The van der Waals surface area contributed by atoms with Crippen LogP contribution < -0.4 is 5.32 Å². The second kappa shape index (κ2) is 5.41. The molecule has 0 aromatic rings. The summed E-state index contributed by atoms with van der Waals surface area (Å²) in [5.74, 6) is 2.28. The van der Waals surface area contributed by atoms with Gasteiger partial charge in [0.25, 0.3) is 0 Å². The largest absolute Gasteiger partial charge is 0.316 e. The maximum Gasteiger partial charge on any atom is 0.0158 e. The molecule has 0 radical (unpaired) electrons. The van der Waals surface area contributed by atoms with Gasteiger partial charge in [0.05, 0.1) is 0 Å². The lowest BCUT2D eigenvalue weighted by Crippen LogP contribution is -2.33. The average molecular weight is 215 g/mol. The van der Waals surface area contributed by atoms with E-state index in [1.165, 1.54) is 31.4 Å². The summed E-state index contributed by atoms with van der Waals surface area (Å²) in [6.45, 7) is 6.90. The minimum absolute atomic E-state index is 0.411. The van der Waals surface area contributed by atoms with Crippen LogP contribution in [0.3, 0.4) is 0 Å². The maximum atomic E-state index is 3.45. The molecule has 0 aliphatic heterocycles. The lowest BCUT2D eigenvalue weighted by Gasteiger charge is -2.30. The average Bonchev–Trinajstić information content (AvgIpc) is 2.00. The summed E-state index contributed by atoms with van der Waals surface area (Å²) in [5, 5.41) is 3.45. The van der Waals surface area contributed by atoms with Crippen molar-refractivity contribution in [3.63, 3.8) is 0 Å². The van der Waals surface area contributed by atoms with Crippen molar-refractivity contribution in [2.75, 3.05) is 12.8 Å². The molecule has 1 aliphatic rings. The first kappa shape index (κ1) is 12.4. The first-order valence-corrected chi connectivity index (χ1v) is 6.81. The molecule has 0 amide bonds. The Morgan fingerprint density at radius 1 is 1.36 bits per heavy atom. The van der Waals surface area contributed by atoms with Gasteiger partial charge in [0.15, 0.2) is 0 Å². The van der Waals surface area contributed by atoms with E-state index >= 15 is 0 Å². The number of hydrogen-bond acceptors (Lipinski definition) is 2. The van der Waals surface area contributed by atoms with Crippen LogP contribution in [0.4, 0.5) is 0 Å². The monoisotopic (exact) mass is 215 g/mol. The summed E-state index contributed by atoms with van der Waals surface area (Å²) in [5.41, 5.74) is 0. The van der Waals surface area contributed by atoms with E-state index in [9.17, 15) is 0 Å². The van der Waals surface area contributed by atoms with Crippen molar-refractivity contribution >= 4 is 11.8 Å². The molecule has 1 atom stereocenters. The van der Waals surface area contributed by atoms with Crippen molar-refractivity contribution in [3.05, 3.63) is 0 Å². The van der Waals surface area contributed by atoms with Gasteiger partial charge in [0.1, 0.15) is 0 Å². The highest BCUT2D eigenvalue weighted by Gasteiger charge is 2.22. The second-order valence-electron chi connectivity index (χ2n) is 5.44. The predicted octanol–water partition coefficient (Wildman–Crippen LogP) is 3.30. The van der Waals surface area contributed by atoms with Crippen molar-refractivity contribution in [3.8, 4) is 0 Å². The molecule has 0 aromatic heterocycles. The zero-order chi connectivity index (χ0) is 10.6. The second-order valence-corrected chi connectivity index (χ2v) is 7.29. The molecule has 14 heavy (non-hydrogen) atoms. The summed E-state index contributed by atoms with van der Waals surface area (Å²) < 4.78 is 0.411. The Morgan fingerprint density at radius 3 is 2.36 bits per heavy atom. The van der Waals surface area contributed by atoms with Gasteiger partial charge in [0.2, 0.25) is 0 Å². The minimum Gasteiger partial charge on any atom is -0.316 e. The van der Waals surface area contributed by atoms with Gasteiger partial charge in [-0.15, -0.1) is 0 Å². The van der Waals surface area contributed by atoms with Crippen LogP contribution in [0.2, 0.25) is 0 Å². The summed E-state index contributed by atoms with van der Waals surface area (Å²) in [4.78, 5) is 0. The molecule has 84 valence electrons.